The molecule has 1 aromatic heterocycles. The lowest BCUT2D eigenvalue weighted by atomic mass is 9.96. The van der Waals surface area contributed by atoms with Crippen molar-refractivity contribution < 1.29 is 4.42 Å². The normalized spacial score (nSPS) is 12.7. The molecular weight excluding hydrogens is 302 g/mol. The average molecular weight is 322 g/mol. The summed E-state index contributed by atoms with van der Waals surface area (Å²) in [5, 5.41) is 3.40. The number of hydrogen-bond acceptors (Lipinski definition) is 2. The molecular formula is C16H20BrNO. The summed E-state index contributed by atoms with van der Waals surface area (Å²) in [5.74, 6) is 2.04. The van der Waals surface area contributed by atoms with Gasteiger partial charge in [0.25, 0.3) is 0 Å². The molecule has 0 saturated heterocycles. The molecule has 1 atom stereocenters. The first kappa shape index (κ1) is 14.4. The van der Waals surface area contributed by atoms with E-state index < -0.39 is 0 Å². The number of benzene rings is 1. The van der Waals surface area contributed by atoms with Gasteiger partial charge >= 0.3 is 0 Å². The topological polar surface area (TPSA) is 25.2 Å². The van der Waals surface area contributed by atoms with Gasteiger partial charge in [0.05, 0.1) is 0 Å². The smallest absolute Gasteiger partial charge is 0.106 e. The van der Waals surface area contributed by atoms with Crippen molar-refractivity contribution in [3.05, 3.63) is 56.9 Å². The van der Waals surface area contributed by atoms with Gasteiger partial charge < -0.3 is 9.73 Å². The van der Waals surface area contributed by atoms with E-state index in [1.54, 1.807) is 0 Å². The Morgan fingerprint density at radius 3 is 2.21 bits per heavy atom. The van der Waals surface area contributed by atoms with E-state index in [0.717, 1.165) is 22.4 Å². The van der Waals surface area contributed by atoms with E-state index in [0.29, 0.717) is 6.04 Å². The first-order chi connectivity index (χ1) is 9.02. The molecule has 1 N–H and O–H groups in total. The zero-order valence-electron chi connectivity index (χ0n) is 11.9. The molecule has 0 amide bonds. The lowest BCUT2D eigenvalue weighted by molar-refractivity contribution is 0.489. The second-order valence-electron chi connectivity index (χ2n) is 4.92. The van der Waals surface area contributed by atoms with Gasteiger partial charge in [-0.2, -0.15) is 0 Å². The Balaban J connectivity index is 2.27. The van der Waals surface area contributed by atoms with E-state index in [1.807, 2.05) is 20.9 Å². The van der Waals surface area contributed by atoms with Crippen molar-refractivity contribution in [3.8, 4) is 0 Å². The van der Waals surface area contributed by atoms with Crippen LogP contribution in [0.4, 0.5) is 0 Å². The fourth-order valence-corrected chi connectivity index (χ4v) is 2.79. The Labute approximate surface area is 123 Å². The number of furan rings is 1. The van der Waals surface area contributed by atoms with E-state index >= 15 is 0 Å². The van der Waals surface area contributed by atoms with Gasteiger partial charge in [-0.25, -0.2) is 0 Å². The third kappa shape index (κ3) is 3.10. The van der Waals surface area contributed by atoms with Gasteiger partial charge in [-0.1, -0.05) is 28.1 Å². The largest absolute Gasteiger partial charge is 0.466 e. The van der Waals surface area contributed by atoms with Crippen LogP contribution < -0.4 is 5.32 Å². The van der Waals surface area contributed by atoms with Crippen molar-refractivity contribution in [1.29, 1.82) is 0 Å². The number of likely N-dealkylation sites (N-methyl/N-ethyl adjacent to an activating group) is 1. The highest BCUT2D eigenvalue weighted by atomic mass is 79.9. The molecule has 0 aliphatic heterocycles. The lowest BCUT2D eigenvalue weighted by Gasteiger charge is -2.17. The van der Waals surface area contributed by atoms with Gasteiger partial charge in [-0.3, -0.25) is 0 Å². The molecule has 0 bridgehead atoms. The second-order valence-corrected chi connectivity index (χ2v) is 5.84. The van der Waals surface area contributed by atoms with Crippen LogP contribution >= 0.6 is 15.9 Å². The van der Waals surface area contributed by atoms with Gasteiger partial charge in [0, 0.05) is 16.1 Å². The van der Waals surface area contributed by atoms with E-state index in [4.69, 9.17) is 4.42 Å². The molecule has 0 aliphatic rings. The maximum absolute atomic E-state index is 5.74. The van der Waals surface area contributed by atoms with Crippen LogP contribution in [0.15, 0.2) is 33.2 Å². The predicted molar refractivity (Wildman–Crippen MR) is 82.6 cm³/mol. The van der Waals surface area contributed by atoms with Crippen molar-refractivity contribution in [2.75, 3.05) is 7.05 Å². The molecule has 1 aromatic carbocycles. The van der Waals surface area contributed by atoms with Crippen LogP contribution in [0.5, 0.6) is 0 Å². The Kier molecular flexibility index (Phi) is 4.48. The summed E-state index contributed by atoms with van der Waals surface area (Å²) in [6, 6.07) is 8.78. The number of nitrogens with one attached hydrogen (secondary N) is 1. The lowest BCUT2D eigenvalue weighted by Crippen LogP contribution is -2.20. The molecule has 3 heteroatoms. The second kappa shape index (κ2) is 5.93. The van der Waals surface area contributed by atoms with Crippen LogP contribution in [-0.4, -0.2) is 7.05 Å². The highest BCUT2D eigenvalue weighted by Gasteiger charge is 2.19. The molecule has 0 radical (unpaired) electrons. The Morgan fingerprint density at radius 2 is 1.74 bits per heavy atom. The number of rotatable bonds is 4. The Morgan fingerprint density at radius 1 is 1.11 bits per heavy atom. The average Bonchev–Trinajstić information content (AvgIpc) is 2.63. The molecule has 1 heterocycles. The first-order valence-electron chi connectivity index (χ1n) is 6.51. The third-order valence-electron chi connectivity index (χ3n) is 3.67. The van der Waals surface area contributed by atoms with Crippen molar-refractivity contribution in [1.82, 2.24) is 5.32 Å². The summed E-state index contributed by atoms with van der Waals surface area (Å²) in [5.41, 5.74) is 3.87. The minimum absolute atomic E-state index is 0.290. The molecule has 1 unspecified atom stereocenters. The molecule has 102 valence electrons. The minimum atomic E-state index is 0.290. The number of hydrogen-bond donors (Lipinski definition) is 1. The predicted octanol–water partition coefficient (Wildman–Crippen LogP) is 4.47. The van der Waals surface area contributed by atoms with E-state index in [2.05, 4.69) is 52.4 Å². The Bertz CT molecular complexity index is 557. The summed E-state index contributed by atoms with van der Waals surface area (Å²) >= 11 is 3.47. The first-order valence-corrected chi connectivity index (χ1v) is 7.30. The molecule has 0 spiro atoms. The highest BCUT2D eigenvalue weighted by molar-refractivity contribution is 9.10. The van der Waals surface area contributed by atoms with Gasteiger partial charge in [-0.05, 0) is 57.5 Å². The molecule has 0 saturated carbocycles. The van der Waals surface area contributed by atoms with Crippen LogP contribution in [-0.2, 0) is 6.42 Å². The van der Waals surface area contributed by atoms with Gasteiger partial charge in [0.2, 0.25) is 0 Å². The summed E-state index contributed by atoms with van der Waals surface area (Å²) in [6.45, 7) is 6.20. The SMILES string of the molecule is CNC(Cc1ccc(Br)cc1)c1c(C)oc(C)c1C. The molecule has 19 heavy (non-hydrogen) atoms. The van der Waals surface area contributed by atoms with E-state index in [9.17, 15) is 0 Å². The summed E-state index contributed by atoms with van der Waals surface area (Å²) in [6.07, 6.45) is 0.963. The molecule has 0 fully saturated rings. The summed E-state index contributed by atoms with van der Waals surface area (Å²) < 4.78 is 6.85. The summed E-state index contributed by atoms with van der Waals surface area (Å²) in [7, 11) is 2.00. The van der Waals surface area contributed by atoms with Crippen LogP contribution in [0.2, 0.25) is 0 Å². The Hall–Kier alpha value is -1.06. The zero-order chi connectivity index (χ0) is 14.0. The van der Waals surface area contributed by atoms with Crippen LogP contribution in [0.3, 0.4) is 0 Å². The fraction of sp³-hybridized carbons (Fsp3) is 0.375. The van der Waals surface area contributed by atoms with Crippen molar-refractivity contribution in [3.63, 3.8) is 0 Å². The van der Waals surface area contributed by atoms with Crippen LogP contribution in [0.1, 0.15) is 34.3 Å². The van der Waals surface area contributed by atoms with Crippen molar-refractivity contribution in [2.24, 2.45) is 0 Å². The zero-order valence-corrected chi connectivity index (χ0v) is 13.5. The standard InChI is InChI=1S/C16H20BrNO/c1-10-11(2)19-12(3)16(10)15(18-4)9-13-5-7-14(17)8-6-13/h5-8,15,18H,9H2,1-4H3. The van der Waals surface area contributed by atoms with Crippen LogP contribution in [0.25, 0.3) is 0 Å². The number of halogens is 1. The minimum Gasteiger partial charge on any atom is -0.466 e. The van der Waals surface area contributed by atoms with E-state index in [-0.39, 0.29) is 0 Å². The number of aryl methyl sites for hydroxylation is 2. The maximum atomic E-state index is 5.74. The molecule has 2 nitrogen and oxygen atoms in total. The molecule has 0 aliphatic carbocycles. The van der Waals surface area contributed by atoms with Gasteiger partial charge in [-0.15, -0.1) is 0 Å². The quantitative estimate of drug-likeness (QED) is 0.898. The monoisotopic (exact) mass is 321 g/mol. The van der Waals surface area contributed by atoms with Crippen LogP contribution in [0, 0.1) is 20.8 Å². The summed E-state index contributed by atoms with van der Waals surface area (Å²) in [4.78, 5) is 0. The van der Waals surface area contributed by atoms with Gasteiger partial charge in [0.15, 0.2) is 0 Å². The van der Waals surface area contributed by atoms with Gasteiger partial charge in [0.1, 0.15) is 11.5 Å². The van der Waals surface area contributed by atoms with E-state index in [1.165, 1.54) is 16.7 Å². The fourth-order valence-electron chi connectivity index (χ4n) is 2.53. The van der Waals surface area contributed by atoms with Crippen molar-refractivity contribution in [2.45, 2.75) is 33.2 Å². The molecule has 2 aromatic rings. The molecule has 2 rings (SSSR count). The van der Waals surface area contributed by atoms with Crippen molar-refractivity contribution >= 4 is 15.9 Å². The highest BCUT2D eigenvalue weighted by Crippen LogP contribution is 2.29. The third-order valence-corrected chi connectivity index (χ3v) is 4.20. The maximum Gasteiger partial charge on any atom is 0.106 e.